The molecule has 19 heavy (non-hydrogen) atoms. The summed E-state index contributed by atoms with van der Waals surface area (Å²) in [4.78, 5) is 4.63. The van der Waals surface area contributed by atoms with E-state index in [4.69, 9.17) is 4.52 Å². The highest BCUT2D eigenvalue weighted by molar-refractivity contribution is 4.99. The Kier molecular flexibility index (Phi) is 4.16. The fourth-order valence-corrected chi connectivity index (χ4v) is 3.49. The van der Waals surface area contributed by atoms with Gasteiger partial charge < -0.3 is 9.84 Å². The molecular weight excluding hydrogens is 238 g/mol. The predicted octanol–water partition coefficient (Wildman–Crippen LogP) is 3.05. The van der Waals surface area contributed by atoms with Gasteiger partial charge in [0.1, 0.15) is 0 Å². The minimum absolute atomic E-state index is 0.539. The zero-order chi connectivity index (χ0) is 13.1. The average molecular weight is 263 g/mol. The van der Waals surface area contributed by atoms with Gasteiger partial charge in [-0.25, -0.2) is 0 Å². The summed E-state index contributed by atoms with van der Waals surface area (Å²) in [6.07, 6.45) is 9.85. The molecular formula is C15H25N3O. The van der Waals surface area contributed by atoms with Crippen molar-refractivity contribution in [1.29, 1.82) is 0 Å². The van der Waals surface area contributed by atoms with E-state index in [1.54, 1.807) is 0 Å². The number of nitrogens with zero attached hydrogens (tertiary/aromatic N) is 2. The zero-order valence-corrected chi connectivity index (χ0v) is 11.9. The lowest BCUT2D eigenvalue weighted by Crippen LogP contribution is -2.23. The minimum Gasteiger partial charge on any atom is -0.339 e. The topological polar surface area (TPSA) is 51.0 Å². The lowest BCUT2D eigenvalue weighted by atomic mass is 9.80. The second kappa shape index (κ2) is 6.04. The predicted molar refractivity (Wildman–Crippen MR) is 74.0 cm³/mol. The fourth-order valence-electron chi connectivity index (χ4n) is 3.49. The van der Waals surface area contributed by atoms with Crippen LogP contribution in [-0.4, -0.2) is 22.7 Å². The summed E-state index contributed by atoms with van der Waals surface area (Å²) in [6, 6.07) is 0.545. The maximum Gasteiger partial charge on any atom is 0.228 e. The van der Waals surface area contributed by atoms with Crippen molar-refractivity contribution >= 4 is 0 Å². The smallest absolute Gasteiger partial charge is 0.228 e. The van der Waals surface area contributed by atoms with Crippen molar-refractivity contribution in [1.82, 2.24) is 15.5 Å². The Labute approximate surface area is 115 Å². The van der Waals surface area contributed by atoms with Crippen LogP contribution in [0.4, 0.5) is 0 Å². The molecule has 1 unspecified atom stereocenters. The lowest BCUT2D eigenvalue weighted by molar-refractivity contribution is 0.302. The molecule has 1 aromatic heterocycles. The van der Waals surface area contributed by atoms with E-state index in [0.29, 0.717) is 12.0 Å². The first-order valence-corrected chi connectivity index (χ1v) is 7.91. The first kappa shape index (κ1) is 13.1. The van der Waals surface area contributed by atoms with Gasteiger partial charge in [0.2, 0.25) is 5.89 Å². The highest BCUT2D eigenvalue weighted by atomic mass is 16.5. The number of hydrogen-bond donors (Lipinski definition) is 1. The molecule has 2 aliphatic rings. The first-order valence-electron chi connectivity index (χ1n) is 7.91. The van der Waals surface area contributed by atoms with Crippen LogP contribution in [0.2, 0.25) is 0 Å². The van der Waals surface area contributed by atoms with Gasteiger partial charge in [0, 0.05) is 18.4 Å². The Morgan fingerprint density at radius 3 is 2.74 bits per heavy atom. The molecule has 0 bridgehead atoms. The van der Waals surface area contributed by atoms with E-state index in [9.17, 15) is 0 Å². The van der Waals surface area contributed by atoms with E-state index in [0.717, 1.165) is 30.6 Å². The van der Waals surface area contributed by atoms with Crippen LogP contribution in [0.3, 0.4) is 0 Å². The van der Waals surface area contributed by atoms with E-state index < -0.39 is 0 Å². The molecule has 0 amide bonds. The van der Waals surface area contributed by atoms with E-state index >= 15 is 0 Å². The third-order valence-electron chi connectivity index (χ3n) is 4.86. The van der Waals surface area contributed by atoms with Crippen molar-refractivity contribution < 1.29 is 4.52 Å². The first-order chi connectivity index (χ1) is 9.35. The molecule has 2 heterocycles. The summed E-state index contributed by atoms with van der Waals surface area (Å²) in [5.74, 6) is 3.25. The van der Waals surface area contributed by atoms with Crippen LogP contribution >= 0.6 is 0 Å². The molecule has 2 fully saturated rings. The highest BCUT2D eigenvalue weighted by Gasteiger charge is 2.26. The largest absolute Gasteiger partial charge is 0.339 e. The van der Waals surface area contributed by atoms with Crippen LogP contribution in [0.25, 0.3) is 0 Å². The molecule has 1 N–H and O–H groups in total. The van der Waals surface area contributed by atoms with Crippen LogP contribution in [-0.2, 0) is 6.42 Å². The van der Waals surface area contributed by atoms with Crippen LogP contribution in [0.1, 0.15) is 69.5 Å². The molecule has 0 radical (unpaired) electrons. The summed E-state index contributed by atoms with van der Waals surface area (Å²) in [7, 11) is 0. The second-order valence-corrected chi connectivity index (χ2v) is 6.17. The molecule has 3 rings (SSSR count). The van der Waals surface area contributed by atoms with Crippen molar-refractivity contribution in [3.8, 4) is 0 Å². The number of aromatic nitrogens is 2. The quantitative estimate of drug-likeness (QED) is 0.907. The van der Waals surface area contributed by atoms with E-state index in [-0.39, 0.29) is 0 Å². The van der Waals surface area contributed by atoms with Crippen molar-refractivity contribution in [3.05, 3.63) is 11.7 Å². The molecule has 1 aliphatic carbocycles. The van der Waals surface area contributed by atoms with Gasteiger partial charge in [-0.05, 0) is 51.0 Å². The Bertz CT molecular complexity index is 390. The Hall–Kier alpha value is -0.900. The van der Waals surface area contributed by atoms with Crippen LogP contribution in [0, 0.1) is 5.92 Å². The Morgan fingerprint density at radius 2 is 2.05 bits per heavy atom. The van der Waals surface area contributed by atoms with Crippen LogP contribution < -0.4 is 5.32 Å². The number of hydrogen-bond acceptors (Lipinski definition) is 4. The van der Waals surface area contributed by atoms with Gasteiger partial charge in [-0.2, -0.15) is 4.98 Å². The molecule has 4 heteroatoms. The third-order valence-corrected chi connectivity index (χ3v) is 4.86. The molecule has 1 aromatic rings. The van der Waals surface area contributed by atoms with E-state index in [1.807, 2.05) is 0 Å². The van der Waals surface area contributed by atoms with Gasteiger partial charge in [-0.15, -0.1) is 0 Å². The van der Waals surface area contributed by atoms with Crippen LogP contribution in [0.5, 0.6) is 0 Å². The Balaban J connectivity index is 1.55. The molecule has 0 aromatic carbocycles. The molecule has 1 aliphatic heterocycles. The lowest BCUT2D eigenvalue weighted by Gasteiger charge is -2.25. The van der Waals surface area contributed by atoms with E-state index in [1.165, 1.54) is 44.9 Å². The fraction of sp³-hybridized carbons (Fsp3) is 0.867. The molecule has 106 valence electrons. The molecule has 1 atom stereocenters. The maximum absolute atomic E-state index is 5.43. The summed E-state index contributed by atoms with van der Waals surface area (Å²) in [5, 5.41) is 7.70. The van der Waals surface area contributed by atoms with Crippen molar-refractivity contribution in [2.45, 2.75) is 70.3 Å². The Morgan fingerprint density at radius 1 is 1.21 bits per heavy atom. The number of nitrogens with one attached hydrogen (secondary N) is 1. The molecule has 1 saturated carbocycles. The van der Waals surface area contributed by atoms with Crippen molar-refractivity contribution in [2.75, 3.05) is 6.54 Å². The highest BCUT2D eigenvalue weighted by Crippen LogP contribution is 2.35. The van der Waals surface area contributed by atoms with Gasteiger partial charge in [0.25, 0.3) is 0 Å². The molecule has 4 nitrogen and oxygen atoms in total. The minimum atomic E-state index is 0.539. The van der Waals surface area contributed by atoms with Gasteiger partial charge in [0.15, 0.2) is 5.82 Å². The van der Waals surface area contributed by atoms with E-state index in [2.05, 4.69) is 22.4 Å². The van der Waals surface area contributed by atoms with Gasteiger partial charge >= 0.3 is 0 Å². The second-order valence-electron chi connectivity index (χ2n) is 6.17. The monoisotopic (exact) mass is 263 g/mol. The SMILES string of the molecule is CCC1CCC(c2noc(CC3CCCN3)n2)CC1. The summed E-state index contributed by atoms with van der Waals surface area (Å²) >= 11 is 0. The van der Waals surface area contributed by atoms with Gasteiger partial charge in [-0.1, -0.05) is 18.5 Å². The maximum atomic E-state index is 5.43. The standard InChI is InChI=1S/C15H25N3O/c1-2-11-5-7-12(8-6-11)15-17-14(19-18-15)10-13-4-3-9-16-13/h11-13,16H,2-10H2,1H3. The molecule has 0 spiro atoms. The summed E-state index contributed by atoms with van der Waals surface area (Å²) in [6.45, 7) is 3.43. The summed E-state index contributed by atoms with van der Waals surface area (Å²) in [5.41, 5.74) is 0. The van der Waals surface area contributed by atoms with Crippen LogP contribution in [0.15, 0.2) is 4.52 Å². The zero-order valence-electron chi connectivity index (χ0n) is 11.9. The summed E-state index contributed by atoms with van der Waals surface area (Å²) < 4.78 is 5.43. The van der Waals surface area contributed by atoms with Gasteiger partial charge in [-0.3, -0.25) is 0 Å². The van der Waals surface area contributed by atoms with Crippen molar-refractivity contribution in [2.24, 2.45) is 5.92 Å². The third kappa shape index (κ3) is 3.16. The van der Waals surface area contributed by atoms with Crippen molar-refractivity contribution in [3.63, 3.8) is 0 Å². The number of rotatable bonds is 4. The normalized spacial score (nSPS) is 31.7. The molecule has 1 saturated heterocycles. The average Bonchev–Trinajstić information content (AvgIpc) is 3.11. The van der Waals surface area contributed by atoms with Gasteiger partial charge in [0.05, 0.1) is 0 Å².